The Bertz CT molecular complexity index is 1330. The van der Waals surface area contributed by atoms with Crippen molar-refractivity contribution >= 4 is 29.4 Å². The molecule has 5 rings (SSSR count). The molecule has 1 unspecified atom stereocenters. The zero-order valence-electron chi connectivity index (χ0n) is 19.2. The van der Waals surface area contributed by atoms with Crippen molar-refractivity contribution < 1.29 is 27.2 Å². The first-order valence-electron chi connectivity index (χ1n) is 11.1. The number of fused-ring (bicyclic) bond motifs is 4. The van der Waals surface area contributed by atoms with Crippen LogP contribution < -0.4 is 20.4 Å². The third-order valence-electron chi connectivity index (χ3n) is 5.99. The minimum atomic E-state index is -4.60. The molecule has 1 fully saturated rings. The standard InChI is InChI=1S/C22H21F3N8O3/c1-11(22(23,24)25)28-19(34)15-3-4-16-18(29-15)33(13-6-8-32(16)10-13)21(35)31-20-26-7-5-14(30-20)17-9-27-12(2)36-17/h3-5,7,9,11,13H,6,8,10H2,1-2H3,(H,28,34)(H,26,30,31,35)/t11?,13-/m0/s1. The number of urea groups is 1. The number of hydrogen-bond acceptors (Lipinski definition) is 8. The van der Waals surface area contributed by atoms with E-state index in [1.807, 2.05) is 10.2 Å². The van der Waals surface area contributed by atoms with Gasteiger partial charge < -0.3 is 14.6 Å². The van der Waals surface area contributed by atoms with Crippen LogP contribution in [-0.4, -0.2) is 63.2 Å². The molecule has 2 aliphatic rings. The number of aryl methyl sites for hydroxylation is 1. The van der Waals surface area contributed by atoms with E-state index in [2.05, 4.69) is 25.3 Å². The Morgan fingerprint density at radius 3 is 2.72 bits per heavy atom. The fraction of sp³-hybridized carbons (Fsp3) is 0.364. The number of nitrogens with zero attached hydrogens (tertiary/aromatic N) is 6. The summed E-state index contributed by atoms with van der Waals surface area (Å²) >= 11 is 0. The van der Waals surface area contributed by atoms with E-state index in [0.29, 0.717) is 42.5 Å². The summed E-state index contributed by atoms with van der Waals surface area (Å²) < 4.78 is 44.2. The van der Waals surface area contributed by atoms with Gasteiger partial charge in [0.1, 0.15) is 17.4 Å². The third-order valence-corrected chi connectivity index (χ3v) is 5.99. The first kappa shape index (κ1) is 23.5. The van der Waals surface area contributed by atoms with E-state index in [-0.39, 0.29) is 23.5 Å². The minimum Gasteiger partial charge on any atom is -0.439 e. The maximum Gasteiger partial charge on any atom is 0.408 e. The molecule has 0 radical (unpaired) electrons. The predicted molar refractivity (Wildman–Crippen MR) is 122 cm³/mol. The van der Waals surface area contributed by atoms with Gasteiger partial charge in [0.05, 0.1) is 17.9 Å². The van der Waals surface area contributed by atoms with E-state index in [0.717, 1.165) is 6.92 Å². The second-order valence-electron chi connectivity index (χ2n) is 8.47. The molecular weight excluding hydrogens is 481 g/mol. The SMILES string of the molecule is Cc1ncc(-c2ccnc(NC(=O)N3c4nc(C(=O)NC(C)C(F)(F)F)ccc4N4CC[C@H]3C4)n2)o1. The van der Waals surface area contributed by atoms with Crippen molar-refractivity contribution in [3.05, 3.63) is 42.2 Å². The van der Waals surface area contributed by atoms with E-state index < -0.39 is 24.2 Å². The summed E-state index contributed by atoms with van der Waals surface area (Å²) in [6.45, 7) is 3.75. The molecule has 2 N–H and O–H groups in total. The van der Waals surface area contributed by atoms with Gasteiger partial charge in [-0.05, 0) is 31.5 Å². The number of carbonyl (C=O) groups excluding carboxylic acids is 2. The summed E-state index contributed by atoms with van der Waals surface area (Å²) in [4.78, 5) is 45.9. The first-order chi connectivity index (χ1) is 17.1. The second kappa shape index (κ2) is 8.77. The molecule has 5 heterocycles. The highest BCUT2D eigenvalue weighted by Crippen LogP contribution is 2.39. The van der Waals surface area contributed by atoms with E-state index in [9.17, 15) is 22.8 Å². The lowest BCUT2D eigenvalue weighted by Crippen LogP contribution is -2.49. The summed E-state index contributed by atoms with van der Waals surface area (Å²) in [5.41, 5.74) is 0.790. The zero-order valence-corrected chi connectivity index (χ0v) is 19.2. The monoisotopic (exact) mass is 502 g/mol. The van der Waals surface area contributed by atoms with Gasteiger partial charge in [0.2, 0.25) is 5.95 Å². The number of amides is 3. The van der Waals surface area contributed by atoms with Crippen LogP contribution in [0.2, 0.25) is 0 Å². The average molecular weight is 502 g/mol. The summed E-state index contributed by atoms with van der Waals surface area (Å²) in [7, 11) is 0. The lowest BCUT2D eigenvalue weighted by molar-refractivity contribution is -0.149. The van der Waals surface area contributed by atoms with Crippen molar-refractivity contribution in [2.45, 2.75) is 38.5 Å². The molecule has 11 nitrogen and oxygen atoms in total. The number of alkyl halides is 3. The fourth-order valence-electron chi connectivity index (χ4n) is 4.14. The Morgan fingerprint density at radius 2 is 2.00 bits per heavy atom. The van der Waals surface area contributed by atoms with Gasteiger partial charge in [-0.2, -0.15) is 13.2 Å². The van der Waals surface area contributed by atoms with Gasteiger partial charge in [0.25, 0.3) is 5.91 Å². The van der Waals surface area contributed by atoms with Crippen molar-refractivity contribution in [2.75, 3.05) is 28.2 Å². The van der Waals surface area contributed by atoms with Crippen LogP contribution in [0.15, 0.2) is 35.0 Å². The Kier molecular flexibility index (Phi) is 5.73. The molecule has 36 heavy (non-hydrogen) atoms. The van der Waals surface area contributed by atoms with Crippen LogP contribution in [0.1, 0.15) is 29.7 Å². The van der Waals surface area contributed by atoms with Gasteiger partial charge >= 0.3 is 12.2 Å². The normalized spacial score (nSPS) is 17.5. The molecule has 1 saturated heterocycles. The molecule has 2 atom stereocenters. The van der Waals surface area contributed by atoms with Crippen molar-refractivity contribution in [3.8, 4) is 11.5 Å². The number of carbonyl (C=O) groups is 2. The molecule has 2 aliphatic heterocycles. The molecule has 0 aromatic carbocycles. The topological polar surface area (TPSA) is 129 Å². The van der Waals surface area contributed by atoms with Gasteiger partial charge in [-0.1, -0.05) is 0 Å². The Labute approximate surface area is 202 Å². The van der Waals surface area contributed by atoms with Crippen LogP contribution in [0.5, 0.6) is 0 Å². The lowest BCUT2D eigenvalue weighted by Gasteiger charge is -2.35. The number of rotatable bonds is 4. The Hall–Kier alpha value is -4.23. The maximum atomic E-state index is 13.4. The number of pyridine rings is 1. The van der Waals surface area contributed by atoms with Gasteiger partial charge in [-0.25, -0.2) is 24.7 Å². The number of nitrogens with one attached hydrogen (secondary N) is 2. The largest absolute Gasteiger partial charge is 0.439 e. The first-order valence-corrected chi connectivity index (χ1v) is 11.1. The van der Waals surface area contributed by atoms with Crippen LogP contribution in [0.3, 0.4) is 0 Å². The number of hydrogen-bond donors (Lipinski definition) is 2. The Morgan fingerprint density at radius 1 is 1.19 bits per heavy atom. The van der Waals surface area contributed by atoms with Crippen molar-refractivity contribution in [2.24, 2.45) is 0 Å². The smallest absolute Gasteiger partial charge is 0.408 e. The number of aromatic nitrogens is 4. The van der Waals surface area contributed by atoms with E-state index in [1.54, 1.807) is 19.1 Å². The predicted octanol–water partition coefficient (Wildman–Crippen LogP) is 3.15. The van der Waals surface area contributed by atoms with Crippen LogP contribution in [-0.2, 0) is 0 Å². The molecular formula is C22H21F3N8O3. The number of oxazole rings is 1. The van der Waals surface area contributed by atoms with Crippen LogP contribution in [0.4, 0.5) is 35.4 Å². The molecule has 0 aliphatic carbocycles. The van der Waals surface area contributed by atoms with Gasteiger partial charge in [-0.15, -0.1) is 0 Å². The van der Waals surface area contributed by atoms with Crippen molar-refractivity contribution in [1.82, 2.24) is 25.3 Å². The van der Waals surface area contributed by atoms with Crippen LogP contribution in [0.25, 0.3) is 11.5 Å². The molecule has 2 bridgehead atoms. The molecule has 0 spiro atoms. The lowest BCUT2D eigenvalue weighted by atomic mass is 10.1. The fourth-order valence-corrected chi connectivity index (χ4v) is 4.14. The van der Waals surface area contributed by atoms with Crippen molar-refractivity contribution in [3.63, 3.8) is 0 Å². The quantitative estimate of drug-likeness (QED) is 0.557. The highest BCUT2D eigenvalue weighted by molar-refractivity contribution is 6.04. The molecule has 0 saturated carbocycles. The zero-order chi connectivity index (χ0) is 25.6. The van der Waals surface area contributed by atoms with E-state index in [4.69, 9.17) is 4.42 Å². The number of anilines is 3. The van der Waals surface area contributed by atoms with Crippen LogP contribution in [0, 0.1) is 6.92 Å². The third kappa shape index (κ3) is 4.41. The minimum absolute atomic E-state index is 0.0152. The molecule has 14 heteroatoms. The van der Waals surface area contributed by atoms with Crippen LogP contribution >= 0.6 is 0 Å². The highest BCUT2D eigenvalue weighted by Gasteiger charge is 2.41. The van der Waals surface area contributed by atoms with Gasteiger partial charge in [-0.3, -0.25) is 15.0 Å². The van der Waals surface area contributed by atoms with E-state index in [1.165, 1.54) is 23.4 Å². The van der Waals surface area contributed by atoms with Gasteiger partial charge in [0, 0.05) is 26.2 Å². The molecule has 3 amide bonds. The summed E-state index contributed by atoms with van der Waals surface area (Å²) in [6, 6.07) is 1.65. The summed E-state index contributed by atoms with van der Waals surface area (Å²) in [5.74, 6) is 0.0669. The number of halogens is 3. The van der Waals surface area contributed by atoms with Crippen molar-refractivity contribution in [1.29, 1.82) is 0 Å². The summed E-state index contributed by atoms with van der Waals surface area (Å²) in [6.07, 6.45) is -0.985. The van der Waals surface area contributed by atoms with E-state index >= 15 is 0 Å². The molecule has 3 aromatic rings. The summed E-state index contributed by atoms with van der Waals surface area (Å²) in [5, 5.41) is 4.54. The van der Waals surface area contributed by atoms with Gasteiger partial charge in [0.15, 0.2) is 17.5 Å². The highest BCUT2D eigenvalue weighted by atomic mass is 19.4. The average Bonchev–Trinajstić information content (AvgIpc) is 3.45. The Balaban J connectivity index is 1.41. The molecule has 188 valence electrons. The second-order valence-corrected chi connectivity index (χ2v) is 8.47. The molecule has 3 aromatic heterocycles. The maximum absolute atomic E-state index is 13.4.